The molecular weight excluding hydrogens is 77.5 g/mol. The molecule has 3 heteroatoms. The van der Waals surface area contributed by atoms with Crippen molar-refractivity contribution in [2.75, 3.05) is 0 Å². The van der Waals surface area contributed by atoms with E-state index in [0.717, 1.165) is 0 Å². The molecule has 0 rings (SSSR count). The van der Waals surface area contributed by atoms with Gasteiger partial charge in [-0.1, -0.05) is 7.43 Å². The van der Waals surface area contributed by atoms with E-state index >= 15 is 0 Å². The maximum absolute atomic E-state index is 0. The summed E-state index contributed by atoms with van der Waals surface area (Å²) in [5.41, 5.74) is 0. The fourth-order valence-electron chi connectivity index (χ4n) is 0. The summed E-state index contributed by atoms with van der Waals surface area (Å²) in [6.45, 7) is 0. The molecule has 0 aliphatic rings. The van der Waals surface area contributed by atoms with Crippen LogP contribution in [0.3, 0.4) is 0 Å². The summed E-state index contributed by atoms with van der Waals surface area (Å²) in [5, 5.41) is 0. The second kappa shape index (κ2) is 356. The monoisotopic (exact) mass is 87.0 g/mol. The highest BCUT2D eigenvalue weighted by molar-refractivity contribution is 5.85. The zero-order chi connectivity index (χ0) is 0. The highest BCUT2D eigenvalue weighted by atomic mass is 35.5. The summed E-state index contributed by atoms with van der Waals surface area (Å²) in [7, 11) is 0. The highest BCUT2D eigenvalue weighted by Gasteiger charge is -0.0775. The molecule has 0 amide bonds. The minimum absolute atomic E-state index is 0. The topological polar surface area (TPSA) is 66.5 Å². The second-order valence-corrected chi connectivity index (χ2v) is 0. The van der Waals surface area contributed by atoms with Crippen LogP contribution < -0.4 is 6.15 Å². The third kappa shape index (κ3) is 73.4. The molecule has 0 aliphatic carbocycles. The second-order valence-electron chi connectivity index (χ2n) is 0. The highest BCUT2D eigenvalue weighted by Crippen LogP contribution is 0.690. The van der Waals surface area contributed by atoms with Crippen LogP contribution >= 0.6 is 12.4 Å². The smallest absolute Gasteiger partial charge is 0.0776 e. The van der Waals surface area contributed by atoms with Gasteiger partial charge in [0.25, 0.3) is 0 Å². The first-order valence-corrected chi connectivity index (χ1v) is 0. The van der Waals surface area contributed by atoms with Crippen molar-refractivity contribution < 1.29 is 5.48 Å². The predicted molar refractivity (Wildman–Crippen MR) is 22.6 cm³/mol. The van der Waals surface area contributed by atoms with Gasteiger partial charge in [-0.05, 0) is 0 Å². The van der Waals surface area contributed by atoms with E-state index in [1.165, 1.54) is 0 Å². The summed E-state index contributed by atoms with van der Waals surface area (Å²) in [5.74, 6) is 0. The van der Waals surface area contributed by atoms with Gasteiger partial charge in [-0.25, -0.2) is 0 Å². The third-order valence-electron chi connectivity index (χ3n) is 0. The first-order chi connectivity index (χ1) is 0. The lowest BCUT2D eigenvalue weighted by Crippen LogP contribution is -0.481. The van der Waals surface area contributed by atoms with E-state index in [1.54, 1.807) is 0 Å². The van der Waals surface area contributed by atoms with E-state index in [0.29, 0.717) is 0 Å². The third-order valence-corrected chi connectivity index (χ3v) is 0. The SMILES string of the molecule is C.Cl.N.O. The van der Waals surface area contributed by atoms with Gasteiger partial charge in [-0.15, -0.1) is 12.4 Å². The van der Waals surface area contributed by atoms with Crippen molar-refractivity contribution in [3.05, 3.63) is 0 Å². The molecule has 0 fully saturated rings. The van der Waals surface area contributed by atoms with Crippen LogP contribution in [0, 0.1) is 0 Å². The standard InChI is InChI=1S/CH4.ClH.H3N.H2O/h1H4;1H;1H3;1H2. The Kier molecular flexibility index (Phi) is 87400. The summed E-state index contributed by atoms with van der Waals surface area (Å²) in [6.07, 6.45) is 0. The Bertz CT molecular complexity index is 8.00. The van der Waals surface area contributed by atoms with E-state index in [1.807, 2.05) is 0 Å². The summed E-state index contributed by atoms with van der Waals surface area (Å²) in [6, 6.07) is 0. The molecule has 0 aromatic carbocycles. The number of rotatable bonds is 0. The van der Waals surface area contributed by atoms with Gasteiger partial charge in [0.1, 0.15) is 0 Å². The maximum atomic E-state index is 0. The van der Waals surface area contributed by atoms with E-state index in [2.05, 4.69) is 0 Å². The predicted octanol–water partition coefficient (Wildman–Crippen LogP) is 0.395. The van der Waals surface area contributed by atoms with Gasteiger partial charge in [-0.3, -0.25) is 0 Å². The molecule has 0 aliphatic heterocycles. The van der Waals surface area contributed by atoms with E-state index in [4.69, 9.17) is 0 Å². The quantitative estimate of drug-likeness (QED) is 0.457. The Hall–Kier alpha value is 0.210. The van der Waals surface area contributed by atoms with Crippen molar-refractivity contribution >= 4 is 12.4 Å². The van der Waals surface area contributed by atoms with Gasteiger partial charge in [0.05, 0.1) is 0 Å². The minimum Gasteiger partial charge on any atom is -0.412 e. The van der Waals surface area contributed by atoms with Crippen LogP contribution in [0.15, 0.2) is 0 Å². The molecule has 0 bridgehead atoms. The normalized spacial score (nSPS) is 0. The van der Waals surface area contributed by atoms with Crippen LogP contribution in [0.4, 0.5) is 0 Å². The Morgan fingerprint density at radius 2 is 1.00 bits per heavy atom. The van der Waals surface area contributed by atoms with Crippen LogP contribution in [0.2, 0.25) is 0 Å². The number of hydrogen-bond donors (Lipinski definition) is 1. The molecule has 0 aromatic rings. The molecule has 0 saturated carbocycles. The average Bonchev–Trinajstić information content (AvgIpc) is 0. The van der Waals surface area contributed by atoms with E-state index in [-0.39, 0.29) is 31.5 Å². The van der Waals surface area contributed by atoms with Gasteiger partial charge in [-0.2, -0.15) is 0 Å². The van der Waals surface area contributed by atoms with Gasteiger partial charge in [0.15, 0.2) is 0 Å². The molecular formula is CH10ClNO. The molecule has 32 valence electrons. The van der Waals surface area contributed by atoms with Crippen LogP contribution in [0.25, 0.3) is 0 Å². The van der Waals surface area contributed by atoms with Crippen molar-refractivity contribution in [3.63, 3.8) is 0 Å². The largest absolute Gasteiger partial charge is 0.412 e. The van der Waals surface area contributed by atoms with Crippen LogP contribution in [-0.2, 0) is 0 Å². The molecule has 0 spiro atoms. The molecule has 0 atom stereocenters. The Morgan fingerprint density at radius 1 is 1.00 bits per heavy atom. The van der Waals surface area contributed by atoms with Crippen LogP contribution in [0.5, 0.6) is 0 Å². The lowest BCUT2D eigenvalue weighted by Gasteiger charge is -0.412. The molecule has 0 aromatic heterocycles. The zero-order valence-corrected chi connectivity index (χ0v) is 2.43. The van der Waals surface area contributed by atoms with Crippen molar-refractivity contribution in [2.24, 2.45) is 0 Å². The number of halogens is 1. The maximum Gasteiger partial charge on any atom is -0.0776 e. The van der Waals surface area contributed by atoms with Gasteiger partial charge in [0, 0.05) is 0 Å². The van der Waals surface area contributed by atoms with Crippen molar-refractivity contribution in [1.29, 1.82) is 0 Å². The van der Waals surface area contributed by atoms with Crippen LogP contribution in [-0.4, -0.2) is 5.48 Å². The number of hydrogen-bond acceptors (Lipinski definition) is 1. The first-order valence-electron chi connectivity index (χ1n) is 0. The van der Waals surface area contributed by atoms with Crippen molar-refractivity contribution in [3.8, 4) is 0 Å². The summed E-state index contributed by atoms with van der Waals surface area (Å²) >= 11 is 0. The molecule has 4 heavy (non-hydrogen) atoms. The molecule has 0 heterocycles. The van der Waals surface area contributed by atoms with Gasteiger partial charge >= 0.3 is 0 Å². The molecule has 0 saturated heterocycles. The Balaban J connectivity index is 0. The average molecular weight is 87.6 g/mol. The fraction of sp³-hybridized carbons (Fsp3) is 1.00. The zero-order valence-electron chi connectivity index (χ0n) is 1.62. The van der Waals surface area contributed by atoms with Gasteiger partial charge < -0.3 is 11.6 Å². The van der Waals surface area contributed by atoms with Gasteiger partial charge in [0.2, 0.25) is 0 Å². The lowest BCUT2D eigenvalue weighted by molar-refractivity contribution is 0.824. The van der Waals surface area contributed by atoms with Crippen molar-refractivity contribution in [2.45, 2.75) is 7.43 Å². The lowest BCUT2D eigenvalue weighted by atomic mass is 12.0. The fourth-order valence-corrected chi connectivity index (χ4v) is 0. The van der Waals surface area contributed by atoms with Crippen LogP contribution in [0.1, 0.15) is 7.43 Å². The molecule has 5 N–H and O–H groups in total. The van der Waals surface area contributed by atoms with E-state index in [9.17, 15) is 0 Å². The molecule has 0 radical (unpaired) electrons. The van der Waals surface area contributed by atoms with E-state index < -0.39 is 0 Å². The summed E-state index contributed by atoms with van der Waals surface area (Å²) in [4.78, 5) is 0. The first kappa shape index (κ1) is 984. The summed E-state index contributed by atoms with van der Waals surface area (Å²) < 4.78 is 0. The van der Waals surface area contributed by atoms with Crippen molar-refractivity contribution in [1.82, 2.24) is 6.15 Å². The molecule has 2 nitrogen and oxygen atoms in total. The Morgan fingerprint density at radius 3 is 1.00 bits per heavy atom. The molecule has 0 unspecified atom stereocenters. The minimum atomic E-state index is 0. The Labute approximate surface area is 32.5 Å².